The Morgan fingerprint density at radius 3 is 1.26 bits per heavy atom. The molecule has 0 aliphatic carbocycles. The van der Waals surface area contributed by atoms with Crippen LogP contribution in [0.2, 0.25) is 0 Å². The van der Waals surface area contributed by atoms with E-state index in [-0.39, 0.29) is 0 Å². The summed E-state index contributed by atoms with van der Waals surface area (Å²) in [5.41, 5.74) is 5.10. The molecule has 5 aromatic rings. The Morgan fingerprint density at radius 1 is 0.387 bits per heavy atom. The standard InChI is InChI=1S/C27H18BrN3/c28-24-17-22(19-10-4-1-5-11-19)16-23(18-24)27-30-25(20-12-6-2-7-13-20)29-26(31-27)21-14-8-3-9-15-21/h1-18H. The van der Waals surface area contributed by atoms with Crippen molar-refractivity contribution in [3.05, 3.63) is 114 Å². The van der Waals surface area contributed by atoms with E-state index in [4.69, 9.17) is 15.0 Å². The van der Waals surface area contributed by atoms with E-state index in [0.29, 0.717) is 17.5 Å². The van der Waals surface area contributed by atoms with Gasteiger partial charge in [0.15, 0.2) is 17.5 Å². The van der Waals surface area contributed by atoms with Gasteiger partial charge in [0.25, 0.3) is 0 Å². The van der Waals surface area contributed by atoms with Gasteiger partial charge in [0.05, 0.1) is 0 Å². The molecule has 0 spiro atoms. The molecule has 0 aliphatic heterocycles. The van der Waals surface area contributed by atoms with Crippen LogP contribution >= 0.6 is 15.9 Å². The van der Waals surface area contributed by atoms with E-state index in [2.05, 4.69) is 40.2 Å². The Kier molecular flexibility index (Phi) is 5.38. The fourth-order valence-electron chi connectivity index (χ4n) is 3.45. The second-order valence-electron chi connectivity index (χ2n) is 7.13. The molecule has 0 bridgehead atoms. The van der Waals surface area contributed by atoms with Crippen molar-refractivity contribution < 1.29 is 0 Å². The van der Waals surface area contributed by atoms with Crippen LogP contribution in [-0.4, -0.2) is 15.0 Å². The molecule has 0 atom stereocenters. The Morgan fingerprint density at radius 2 is 0.774 bits per heavy atom. The molecule has 3 nitrogen and oxygen atoms in total. The molecule has 0 saturated carbocycles. The number of hydrogen-bond donors (Lipinski definition) is 0. The van der Waals surface area contributed by atoms with Crippen LogP contribution in [0.3, 0.4) is 0 Å². The fraction of sp³-hybridized carbons (Fsp3) is 0. The van der Waals surface area contributed by atoms with Crippen molar-refractivity contribution in [3.8, 4) is 45.3 Å². The summed E-state index contributed by atoms with van der Waals surface area (Å²) < 4.78 is 0.979. The molecule has 0 N–H and O–H groups in total. The SMILES string of the molecule is Brc1cc(-c2ccccc2)cc(-c2nc(-c3ccccc3)nc(-c3ccccc3)n2)c1. The summed E-state index contributed by atoms with van der Waals surface area (Å²) in [7, 11) is 0. The van der Waals surface area contributed by atoms with Gasteiger partial charge in [-0.2, -0.15) is 0 Å². The predicted molar refractivity (Wildman–Crippen MR) is 129 cm³/mol. The highest BCUT2D eigenvalue weighted by Crippen LogP contribution is 2.31. The van der Waals surface area contributed by atoms with Crippen LogP contribution in [0.15, 0.2) is 114 Å². The van der Waals surface area contributed by atoms with E-state index in [0.717, 1.165) is 32.3 Å². The van der Waals surface area contributed by atoms with E-state index in [1.54, 1.807) is 0 Å². The van der Waals surface area contributed by atoms with Gasteiger partial charge in [-0.05, 0) is 29.3 Å². The van der Waals surface area contributed by atoms with Crippen LogP contribution in [0.25, 0.3) is 45.3 Å². The highest BCUT2D eigenvalue weighted by Gasteiger charge is 2.13. The van der Waals surface area contributed by atoms with E-state index in [1.165, 1.54) is 0 Å². The third-order valence-corrected chi connectivity index (χ3v) is 5.42. The summed E-state index contributed by atoms with van der Waals surface area (Å²) in [6.07, 6.45) is 0. The molecule has 0 radical (unpaired) electrons. The van der Waals surface area contributed by atoms with Crippen molar-refractivity contribution in [3.63, 3.8) is 0 Å². The Balaban J connectivity index is 1.70. The predicted octanol–water partition coefficient (Wildman–Crippen LogP) is 7.30. The van der Waals surface area contributed by atoms with Gasteiger partial charge in [-0.1, -0.05) is 107 Å². The first-order chi connectivity index (χ1) is 15.3. The minimum absolute atomic E-state index is 0.645. The molecule has 0 amide bonds. The third kappa shape index (κ3) is 4.30. The molecular formula is C27H18BrN3. The normalized spacial score (nSPS) is 10.7. The Labute approximate surface area is 189 Å². The van der Waals surface area contributed by atoms with Crippen molar-refractivity contribution >= 4 is 15.9 Å². The molecule has 148 valence electrons. The summed E-state index contributed by atoms with van der Waals surface area (Å²) in [5, 5.41) is 0. The lowest BCUT2D eigenvalue weighted by Crippen LogP contribution is -2.00. The minimum atomic E-state index is 0.645. The molecule has 4 aromatic carbocycles. The van der Waals surface area contributed by atoms with Crippen LogP contribution in [0.5, 0.6) is 0 Å². The number of aromatic nitrogens is 3. The van der Waals surface area contributed by atoms with Gasteiger partial charge in [-0.15, -0.1) is 0 Å². The van der Waals surface area contributed by atoms with Crippen molar-refractivity contribution in [2.45, 2.75) is 0 Å². The number of nitrogens with zero attached hydrogens (tertiary/aromatic N) is 3. The molecule has 1 heterocycles. The molecule has 31 heavy (non-hydrogen) atoms. The van der Waals surface area contributed by atoms with Gasteiger partial charge in [-0.3, -0.25) is 0 Å². The first kappa shape index (κ1) is 19.3. The molecule has 4 heteroatoms. The van der Waals surface area contributed by atoms with E-state index in [9.17, 15) is 0 Å². The summed E-state index contributed by atoms with van der Waals surface area (Å²) >= 11 is 3.66. The molecule has 5 rings (SSSR count). The molecule has 0 unspecified atom stereocenters. The lowest BCUT2D eigenvalue weighted by Gasteiger charge is -2.10. The summed E-state index contributed by atoms with van der Waals surface area (Å²) in [6.45, 7) is 0. The second-order valence-corrected chi connectivity index (χ2v) is 8.05. The molecule has 0 fully saturated rings. The van der Waals surface area contributed by atoms with E-state index in [1.807, 2.05) is 84.9 Å². The second kappa shape index (κ2) is 8.62. The first-order valence-electron chi connectivity index (χ1n) is 9.99. The van der Waals surface area contributed by atoms with Gasteiger partial charge in [0.2, 0.25) is 0 Å². The summed E-state index contributed by atoms with van der Waals surface area (Å²) in [4.78, 5) is 14.4. The maximum Gasteiger partial charge on any atom is 0.164 e. The van der Waals surface area contributed by atoms with Crippen molar-refractivity contribution in [1.82, 2.24) is 15.0 Å². The van der Waals surface area contributed by atoms with Crippen LogP contribution in [0.1, 0.15) is 0 Å². The number of hydrogen-bond acceptors (Lipinski definition) is 3. The van der Waals surface area contributed by atoms with Gasteiger partial charge in [0, 0.05) is 21.2 Å². The minimum Gasteiger partial charge on any atom is -0.208 e. The van der Waals surface area contributed by atoms with E-state index >= 15 is 0 Å². The van der Waals surface area contributed by atoms with Crippen molar-refractivity contribution in [1.29, 1.82) is 0 Å². The smallest absolute Gasteiger partial charge is 0.164 e. The summed E-state index contributed by atoms with van der Waals surface area (Å²) in [5.74, 6) is 1.96. The maximum absolute atomic E-state index is 4.83. The molecule has 0 aliphatic rings. The molecule has 0 saturated heterocycles. The lowest BCUT2D eigenvalue weighted by molar-refractivity contribution is 1.07. The highest BCUT2D eigenvalue weighted by molar-refractivity contribution is 9.10. The maximum atomic E-state index is 4.83. The van der Waals surface area contributed by atoms with E-state index < -0.39 is 0 Å². The Hall–Kier alpha value is -3.63. The fourth-order valence-corrected chi connectivity index (χ4v) is 3.95. The van der Waals surface area contributed by atoms with Crippen LogP contribution in [-0.2, 0) is 0 Å². The average Bonchev–Trinajstić information content (AvgIpc) is 2.85. The van der Waals surface area contributed by atoms with Crippen LogP contribution in [0, 0.1) is 0 Å². The number of halogens is 1. The first-order valence-corrected chi connectivity index (χ1v) is 10.8. The third-order valence-electron chi connectivity index (χ3n) is 4.96. The van der Waals surface area contributed by atoms with Crippen LogP contribution < -0.4 is 0 Å². The monoisotopic (exact) mass is 463 g/mol. The zero-order valence-electron chi connectivity index (χ0n) is 16.6. The van der Waals surface area contributed by atoms with Gasteiger partial charge >= 0.3 is 0 Å². The summed E-state index contributed by atoms with van der Waals surface area (Å²) in [6, 6.07) is 36.6. The average molecular weight is 464 g/mol. The topological polar surface area (TPSA) is 38.7 Å². The molecular weight excluding hydrogens is 446 g/mol. The number of rotatable bonds is 4. The zero-order valence-corrected chi connectivity index (χ0v) is 18.2. The van der Waals surface area contributed by atoms with Gasteiger partial charge in [0.1, 0.15) is 0 Å². The Bertz CT molecular complexity index is 1260. The van der Waals surface area contributed by atoms with Crippen molar-refractivity contribution in [2.24, 2.45) is 0 Å². The van der Waals surface area contributed by atoms with Crippen molar-refractivity contribution in [2.75, 3.05) is 0 Å². The van der Waals surface area contributed by atoms with Gasteiger partial charge < -0.3 is 0 Å². The number of benzene rings is 4. The van der Waals surface area contributed by atoms with Gasteiger partial charge in [-0.25, -0.2) is 15.0 Å². The zero-order chi connectivity index (χ0) is 21.0. The molecule has 1 aromatic heterocycles. The van der Waals surface area contributed by atoms with Crippen LogP contribution in [0.4, 0.5) is 0 Å². The quantitative estimate of drug-likeness (QED) is 0.280. The lowest BCUT2D eigenvalue weighted by atomic mass is 10.0. The highest BCUT2D eigenvalue weighted by atomic mass is 79.9. The largest absolute Gasteiger partial charge is 0.208 e.